The highest BCUT2D eigenvalue weighted by Gasteiger charge is 2.37. The van der Waals surface area contributed by atoms with E-state index in [9.17, 15) is 28.2 Å². The summed E-state index contributed by atoms with van der Waals surface area (Å²) >= 11 is 0. The van der Waals surface area contributed by atoms with Crippen LogP contribution in [0.5, 0.6) is 5.75 Å². The number of piperidine rings is 1. The van der Waals surface area contributed by atoms with Gasteiger partial charge in [-0.25, -0.2) is 13.2 Å². The van der Waals surface area contributed by atoms with Gasteiger partial charge >= 0.3 is 5.97 Å². The first-order valence-electron chi connectivity index (χ1n) is 13.4. The predicted molar refractivity (Wildman–Crippen MR) is 150 cm³/mol. The highest BCUT2D eigenvalue weighted by Crippen LogP contribution is 2.43. The van der Waals surface area contributed by atoms with Crippen LogP contribution in [0.2, 0.25) is 0 Å². The molecule has 0 radical (unpaired) electrons. The zero-order valence-corrected chi connectivity index (χ0v) is 23.4. The number of aromatic nitrogens is 1. The molecule has 2 heterocycles. The van der Waals surface area contributed by atoms with Crippen LogP contribution in [0.15, 0.2) is 36.5 Å². The lowest BCUT2D eigenvalue weighted by Gasteiger charge is -2.41. The molecule has 1 aromatic heterocycles. The first-order chi connectivity index (χ1) is 19.5. The molecule has 1 fully saturated rings. The fourth-order valence-corrected chi connectivity index (χ4v) is 5.52. The third kappa shape index (κ3) is 7.10. The van der Waals surface area contributed by atoms with E-state index in [4.69, 9.17) is 4.74 Å². The average molecular weight is 570 g/mol. The van der Waals surface area contributed by atoms with Gasteiger partial charge in [0.05, 0.1) is 49.1 Å². The van der Waals surface area contributed by atoms with Crippen LogP contribution in [-0.4, -0.2) is 66.9 Å². The van der Waals surface area contributed by atoms with Crippen LogP contribution in [0, 0.1) is 34.7 Å². The molecule has 1 atom stereocenters. The summed E-state index contributed by atoms with van der Waals surface area (Å²) in [5, 5.41) is 22.0. The number of hydrogen-bond acceptors (Lipinski definition) is 6. The molecule has 1 unspecified atom stereocenters. The third-order valence-electron chi connectivity index (χ3n) is 7.82. The molecule has 0 bridgehead atoms. The number of benzene rings is 2. The summed E-state index contributed by atoms with van der Waals surface area (Å²) in [5.74, 6) is 1.65. The van der Waals surface area contributed by atoms with E-state index in [0.717, 1.165) is 28.2 Å². The van der Waals surface area contributed by atoms with Crippen LogP contribution in [0.25, 0.3) is 10.9 Å². The third-order valence-corrected chi connectivity index (χ3v) is 7.82. The number of carboxylic acid groups (broad SMARTS) is 1. The van der Waals surface area contributed by atoms with Crippen molar-refractivity contribution < 1.29 is 32.9 Å². The number of methoxy groups -OCH3 is 1. The summed E-state index contributed by atoms with van der Waals surface area (Å²) in [6.07, 6.45) is 2.83. The van der Waals surface area contributed by atoms with Crippen molar-refractivity contribution in [2.75, 3.05) is 45.7 Å². The minimum Gasteiger partial charge on any atom is -0.497 e. The Balaban J connectivity index is 1.48. The number of hydrogen-bond donors (Lipinski definition) is 2. The van der Waals surface area contributed by atoms with Crippen LogP contribution in [0.3, 0.4) is 0 Å². The lowest BCUT2D eigenvalue weighted by Crippen LogP contribution is -2.41. The normalized spacial score (nSPS) is 15.7. The molecule has 1 aliphatic rings. The number of aliphatic carboxylic acids is 1. The smallest absolute Gasteiger partial charge is 0.303 e. The quantitative estimate of drug-likeness (QED) is 0.272. The van der Waals surface area contributed by atoms with Gasteiger partial charge < -0.3 is 19.8 Å². The minimum absolute atomic E-state index is 0.0293. The van der Waals surface area contributed by atoms with Crippen molar-refractivity contribution in [3.8, 4) is 17.6 Å². The molecule has 2 aromatic carbocycles. The van der Waals surface area contributed by atoms with Crippen molar-refractivity contribution in [2.24, 2.45) is 5.41 Å². The van der Waals surface area contributed by atoms with Gasteiger partial charge in [0.1, 0.15) is 11.6 Å². The SMILES string of the molecule is COc1ccc2ncc(N(C)C)c(C(O)CCC3(CC(=O)O)CCN(CC#Cc4cc(F)cc(F)c4F)CC3)c2c1. The topological polar surface area (TPSA) is 86.1 Å². The Labute approximate surface area is 237 Å². The van der Waals surface area contributed by atoms with Crippen LogP contribution < -0.4 is 9.64 Å². The zero-order chi connectivity index (χ0) is 29.7. The van der Waals surface area contributed by atoms with Crippen molar-refractivity contribution in [3.63, 3.8) is 0 Å². The van der Waals surface area contributed by atoms with E-state index >= 15 is 0 Å². The molecule has 1 saturated heterocycles. The predicted octanol–water partition coefficient (Wildman–Crippen LogP) is 5.15. The first-order valence-corrected chi connectivity index (χ1v) is 13.4. The fourth-order valence-electron chi connectivity index (χ4n) is 5.52. The second kappa shape index (κ2) is 12.8. The highest BCUT2D eigenvalue weighted by atomic mass is 19.2. The van der Waals surface area contributed by atoms with Crippen LogP contribution in [-0.2, 0) is 4.79 Å². The largest absolute Gasteiger partial charge is 0.497 e. The Hall–Kier alpha value is -3.81. The molecule has 0 amide bonds. The Morgan fingerprint density at radius 2 is 1.93 bits per heavy atom. The van der Waals surface area contributed by atoms with E-state index in [0.29, 0.717) is 50.6 Å². The van der Waals surface area contributed by atoms with E-state index in [2.05, 4.69) is 16.8 Å². The summed E-state index contributed by atoms with van der Waals surface area (Å²) in [7, 11) is 5.33. The fraction of sp³-hybridized carbons (Fsp3) is 0.419. The summed E-state index contributed by atoms with van der Waals surface area (Å²) in [4.78, 5) is 20.3. The van der Waals surface area contributed by atoms with Crippen molar-refractivity contribution in [3.05, 3.63) is 65.1 Å². The molecule has 10 heteroatoms. The van der Waals surface area contributed by atoms with E-state index in [1.807, 2.05) is 42.1 Å². The summed E-state index contributed by atoms with van der Waals surface area (Å²) in [6.45, 7) is 1.35. The monoisotopic (exact) mass is 569 g/mol. The molecule has 3 aromatic rings. The van der Waals surface area contributed by atoms with Gasteiger partial charge in [-0.15, -0.1) is 0 Å². The minimum atomic E-state index is -1.29. The molecular weight excluding hydrogens is 535 g/mol. The summed E-state index contributed by atoms with van der Waals surface area (Å²) < 4.78 is 46.2. The molecule has 7 nitrogen and oxygen atoms in total. The molecule has 4 rings (SSSR count). The first kappa shape index (κ1) is 30.2. The standard InChI is InChI=1S/C31H34F3N3O4/c1-36(2)26-19-35-25-7-6-22(41-3)17-23(25)29(26)27(38)8-9-31(18-28(39)40)10-13-37(14-11-31)12-4-5-20-15-21(32)16-24(33)30(20)34/h6-7,15-17,19,27,38H,8-14,18H2,1-3H3,(H,39,40). The second-order valence-corrected chi connectivity index (χ2v) is 10.8. The maximum atomic E-state index is 13.9. The van der Waals surface area contributed by atoms with E-state index in [1.54, 1.807) is 13.3 Å². The summed E-state index contributed by atoms with van der Waals surface area (Å²) in [5.41, 5.74) is 1.35. The van der Waals surface area contributed by atoms with Gasteiger partial charge in [-0.1, -0.05) is 11.8 Å². The Morgan fingerprint density at radius 1 is 1.20 bits per heavy atom. The van der Waals surface area contributed by atoms with Crippen LogP contribution >= 0.6 is 0 Å². The van der Waals surface area contributed by atoms with E-state index in [-0.39, 0.29) is 18.5 Å². The van der Waals surface area contributed by atoms with Gasteiger partial charge in [0.2, 0.25) is 0 Å². The van der Waals surface area contributed by atoms with E-state index < -0.39 is 34.9 Å². The van der Waals surface area contributed by atoms with Gasteiger partial charge in [-0.2, -0.15) is 0 Å². The van der Waals surface area contributed by atoms with E-state index in [1.165, 1.54) is 0 Å². The number of pyridine rings is 1. The number of aliphatic hydroxyl groups is 1. The van der Waals surface area contributed by atoms with Crippen molar-refractivity contribution in [1.82, 2.24) is 9.88 Å². The molecule has 1 aliphatic heterocycles. The van der Waals surface area contributed by atoms with Gasteiger partial charge in [0.25, 0.3) is 0 Å². The number of fused-ring (bicyclic) bond motifs is 1. The van der Waals surface area contributed by atoms with Crippen LogP contribution in [0.4, 0.5) is 18.9 Å². The molecule has 0 saturated carbocycles. The van der Waals surface area contributed by atoms with Gasteiger partial charge in [-0.3, -0.25) is 14.7 Å². The van der Waals surface area contributed by atoms with Crippen molar-refractivity contribution in [1.29, 1.82) is 0 Å². The Bertz CT molecular complexity index is 1480. The Kier molecular flexibility index (Phi) is 9.41. The maximum Gasteiger partial charge on any atom is 0.303 e. The molecule has 0 spiro atoms. The van der Waals surface area contributed by atoms with Gasteiger partial charge in [-0.05, 0) is 68.5 Å². The van der Waals surface area contributed by atoms with Crippen molar-refractivity contribution in [2.45, 2.75) is 38.2 Å². The molecule has 2 N–H and O–H groups in total. The zero-order valence-electron chi connectivity index (χ0n) is 23.4. The number of ether oxygens (including phenoxy) is 1. The van der Waals surface area contributed by atoms with Gasteiger partial charge in [0.15, 0.2) is 11.6 Å². The number of aliphatic hydroxyl groups excluding tert-OH is 1. The number of rotatable bonds is 9. The molecule has 0 aliphatic carbocycles. The highest BCUT2D eigenvalue weighted by molar-refractivity contribution is 5.88. The maximum absolute atomic E-state index is 13.9. The molecule has 218 valence electrons. The lowest BCUT2D eigenvalue weighted by molar-refractivity contribution is -0.141. The molecular formula is C31H34F3N3O4. The average Bonchev–Trinajstić information content (AvgIpc) is 2.94. The number of carboxylic acids is 1. The second-order valence-electron chi connectivity index (χ2n) is 10.8. The number of likely N-dealkylation sites (tertiary alicyclic amines) is 1. The number of carbonyl (C=O) groups is 1. The Morgan fingerprint density at radius 3 is 2.59 bits per heavy atom. The number of nitrogens with zero attached hydrogens (tertiary/aromatic N) is 3. The lowest BCUT2D eigenvalue weighted by atomic mass is 9.71. The van der Waals surface area contributed by atoms with Crippen molar-refractivity contribution >= 4 is 22.6 Å². The number of halogens is 3. The number of anilines is 1. The van der Waals surface area contributed by atoms with Gasteiger partial charge in [0, 0.05) is 31.1 Å². The molecule has 41 heavy (non-hydrogen) atoms. The summed E-state index contributed by atoms with van der Waals surface area (Å²) in [6, 6.07) is 6.83. The van der Waals surface area contributed by atoms with Crippen LogP contribution in [0.1, 0.15) is 49.3 Å².